The van der Waals surface area contributed by atoms with Gasteiger partial charge in [-0.05, 0) is 32.1 Å². The van der Waals surface area contributed by atoms with E-state index in [1.165, 1.54) is 11.3 Å². The van der Waals surface area contributed by atoms with Crippen molar-refractivity contribution in [2.45, 2.75) is 44.9 Å². The summed E-state index contributed by atoms with van der Waals surface area (Å²) in [7, 11) is 0. The number of imide groups is 1. The van der Waals surface area contributed by atoms with Crippen LogP contribution in [0.1, 0.15) is 44.9 Å². The van der Waals surface area contributed by atoms with Crippen LogP contribution in [0.15, 0.2) is 0 Å². The van der Waals surface area contributed by atoms with Crippen LogP contribution in [0.3, 0.4) is 0 Å². The van der Waals surface area contributed by atoms with Crippen molar-refractivity contribution in [1.29, 1.82) is 0 Å². The molecule has 4 aliphatic rings. The smallest absolute Gasteiger partial charge is 0.242 e. The number of fused-ring (bicyclic) bond motifs is 1. The molecule has 0 N–H and O–H groups in total. The maximum absolute atomic E-state index is 12.7. The minimum atomic E-state index is -0.207. The van der Waals surface area contributed by atoms with Gasteiger partial charge in [-0.3, -0.25) is 29.0 Å². The molecule has 0 aromatic heterocycles. The quantitative estimate of drug-likeness (QED) is 0.631. The summed E-state index contributed by atoms with van der Waals surface area (Å²) in [5.74, 6) is -0.700. The number of nitrogens with zero attached hydrogens (tertiary/aromatic N) is 4. The number of hydrogen-bond acceptors (Lipinski definition) is 5. The summed E-state index contributed by atoms with van der Waals surface area (Å²) < 4.78 is 0. The molecule has 0 bridgehead atoms. The van der Waals surface area contributed by atoms with Crippen LogP contribution in [-0.2, 0) is 19.2 Å². The van der Waals surface area contributed by atoms with E-state index in [1.54, 1.807) is 4.90 Å². The molecule has 4 amide bonds. The lowest BCUT2D eigenvalue weighted by molar-refractivity contribution is -0.147. The predicted octanol–water partition coefficient (Wildman–Crippen LogP) is 0.318. The number of rotatable bonds is 4. The van der Waals surface area contributed by atoms with Gasteiger partial charge in [-0.2, -0.15) is 0 Å². The molecular formula is C21H32N4O4. The van der Waals surface area contributed by atoms with E-state index < -0.39 is 0 Å². The summed E-state index contributed by atoms with van der Waals surface area (Å²) in [6.45, 7) is 4.38. The summed E-state index contributed by atoms with van der Waals surface area (Å²) in [6.07, 6.45) is 6.88. The Balaban J connectivity index is 1.24. The number of piperidine rings is 1. The van der Waals surface area contributed by atoms with Gasteiger partial charge in [0.05, 0.1) is 18.4 Å². The summed E-state index contributed by atoms with van der Waals surface area (Å²) >= 11 is 0. The lowest BCUT2D eigenvalue weighted by Crippen LogP contribution is -2.54. The molecule has 4 rings (SSSR count). The summed E-state index contributed by atoms with van der Waals surface area (Å²) in [4.78, 5) is 57.3. The van der Waals surface area contributed by atoms with Crippen LogP contribution in [-0.4, -0.2) is 95.6 Å². The lowest BCUT2D eigenvalue weighted by Gasteiger charge is -2.36. The highest BCUT2D eigenvalue weighted by Gasteiger charge is 2.48. The van der Waals surface area contributed by atoms with Gasteiger partial charge in [-0.1, -0.05) is 12.8 Å². The summed E-state index contributed by atoms with van der Waals surface area (Å²) in [5, 5.41) is 0. The van der Waals surface area contributed by atoms with Gasteiger partial charge in [0.2, 0.25) is 23.6 Å². The molecule has 4 fully saturated rings. The molecule has 2 unspecified atom stereocenters. The van der Waals surface area contributed by atoms with Gasteiger partial charge >= 0.3 is 0 Å². The van der Waals surface area contributed by atoms with Crippen molar-refractivity contribution >= 4 is 23.6 Å². The van der Waals surface area contributed by atoms with Crippen LogP contribution >= 0.6 is 0 Å². The van der Waals surface area contributed by atoms with Crippen molar-refractivity contribution in [1.82, 2.24) is 19.6 Å². The van der Waals surface area contributed by atoms with Gasteiger partial charge in [0, 0.05) is 39.3 Å². The molecule has 8 heteroatoms. The topological polar surface area (TPSA) is 81.2 Å². The average molecular weight is 405 g/mol. The van der Waals surface area contributed by atoms with Gasteiger partial charge in [0.25, 0.3) is 0 Å². The van der Waals surface area contributed by atoms with Gasteiger partial charge < -0.3 is 9.80 Å². The molecule has 0 radical (unpaired) electrons. The van der Waals surface area contributed by atoms with Crippen LogP contribution in [0, 0.1) is 11.8 Å². The second-order valence-corrected chi connectivity index (χ2v) is 8.86. The molecule has 3 heterocycles. The fourth-order valence-electron chi connectivity index (χ4n) is 5.21. The van der Waals surface area contributed by atoms with Gasteiger partial charge in [0.15, 0.2) is 0 Å². The van der Waals surface area contributed by atoms with E-state index in [0.29, 0.717) is 32.7 Å². The third-order valence-electron chi connectivity index (χ3n) is 7.02. The summed E-state index contributed by atoms with van der Waals surface area (Å²) in [5.41, 5.74) is 0. The molecule has 0 aromatic carbocycles. The van der Waals surface area contributed by atoms with Crippen molar-refractivity contribution in [3.63, 3.8) is 0 Å². The van der Waals surface area contributed by atoms with Crippen LogP contribution in [0.2, 0.25) is 0 Å². The maximum atomic E-state index is 12.7. The Hall–Kier alpha value is -1.96. The first-order valence-electron chi connectivity index (χ1n) is 11.2. The highest BCUT2D eigenvalue weighted by molar-refractivity contribution is 6.07. The Morgan fingerprint density at radius 1 is 0.655 bits per heavy atom. The second kappa shape index (κ2) is 8.81. The molecular weight excluding hydrogens is 372 g/mol. The molecule has 0 spiro atoms. The van der Waals surface area contributed by atoms with Crippen molar-refractivity contribution in [3.05, 3.63) is 0 Å². The zero-order valence-corrected chi connectivity index (χ0v) is 17.2. The number of carbonyl (C=O) groups is 4. The predicted molar refractivity (Wildman–Crippen MR) is 106 cm³/mol. The minimum absolute atomic E-state index is 0.128. The van der Waals surface area contributed by atoms with Crippen molar-refractivity contribution in [2.24, 2.45) is 11.8 Å². The van der Waals surface area contributed by atoms with Gasteiger partial charge in [-0.25, -0.2) is 0 Å². The number of likely N-dealkylation sites (tertiary alicyclic amines) is 2. The molecule has 2 atom stereocenters. The maximum Gasteiger partial charge on any atom is 0.242 e. The third-order valence-corrected chi connectivity index (χ3v) is 7.02. The number of piperazine rings is 1. The lowest BCUT2D eigenvalue weighted by atomic mass is 9.81. The van der Waals surface area contributed by atoms with E-state index in [4.69, 9.17) is 0 Å². The van der Waals surface area contributed by atoms with E-state index in [0.717, 1.165) is 51.6 Å². The molecule has 0 aromatic rings. The first-order chi connectivity index (χ1) is 14.0. The Morgan fingerprint density at radius 2 is 1.17 bits per heavy atom. The fourth-order valence-corrected chi connectivity index (χ4v) is 5.21. The average Bonchev–Trinajstić information content (AvgIpc) is 3.00. The Labute approximate surface area is 172 Å². The normalized spacial score (nSPS) is 28.6. The van der Waals surface area contributed by atoms with E-state index in [-0.39, 0.29) is 42.0 Å². The fraction of sp³-hybridized carbons (Fsp3) is 0.810. The SMILES string of the molecule is O=C(CN1CCN(C(=O)CN2C(=O)C3CCCCC3C2=O)CC1)N1CCCCC1. The van der Waals surface area contributed by atoms with Gasteiger partial charge in [0.1, 0.15) is 6.54 Å². The molecule has 1 saturated carbocycles. The number of hydrogen-bond donors (Lipinski definition) is 0. The largest absolute Gasteiger partial charge is 0.342 e. The van der Waals surface area contributed by atoms with E-state index in [2.05, 4.69) is 4.90 Å². The second-order valence-electron chi connectivity index (χ2n) is 8.86. The molecule has 8 nitrogen and oxygen atoms in total. The number of amides is 4. The van der Waals surface area contributed by atoms with Gasteiger partial charge in [-0.15, -0.1) is 0 Å². The summed E-state index contributed by atoms with van der Waals surface area (Å²) in [6, 6.07) is 0. The van der Waals surface area contributed by atoms with E-state index in [1.807, 2.05) is 4.90 Å². The Kier molecular flexibility index (Phi) is 6.18. The van der Waals surface area contributed by atoms with E-state index in [9.17, 15) is 19.2 Å². The van der Waals surface area contributed by atoms with Crippen molar-refractivity contribution < 1.29 is 19.2 Å². The zero-order valence-electron chi connectivity index (χ0n) is 17.2. The molecule has 160 valence electrons. The molecule has 3 saturated heterocycles. The monoisotopic (exact) mass is 404 g/mol. The first kappa shape index (κ1) is 20.3. The highest BCUT2D eigenvalue weighted by Crippen LogP contribution is 2.37. The third kappa shape index (κ3) is 4.32. The van der Waals surface area contributed by atoms with E-state index >= 15 is 0 Å². The zero-order chi connectivity index (χ0) is 20.4. The number of carbonyl (C=O) groups excluding carboxylic acids is 4. The molecule has 1 aliphatic carbocycles. The standard InChI is InChI=1S/C21H32N4O4/c26-18(23-8-4-1-5-9-23)14-22-10-12-24(13-11-22)19(27)15-25-20(28)16-6-2-3-7-17(16)21(25)29/h16-17H,1-15H2. The van der Waals surface area contributed by atoms with Crippen LogP contribution in [0.5, 0.6) is 0 Å². The van der Waals surface area contributed by atoms with Crippen molar-refractivity contribution in [3.8, 4) is 0 Å². The van der Waals surface area contributed by atoms with Crippen LogP contribution in [0.25, 0.3) is 0 Å². The molecule has 3 aliphatic heterocycles. The molecule has 29 heavy (non-hydrogen) atoms. The Morgan fingerprint density at radius 3 is 1.76 bits per heavy atom. The highest BCUT2D eigenvalue weighted by atomic mass is 16.2. The minimum Gasteiger partial charge on any atom is -0.342 e. The van der Waals surface area contributed by atoms with Crippen molar-refractivity contribution in [2.75, 3.05) is 52.4 Å². The van der Waals surface area contributed by atoms with Crippen LogP contribution < -0.4 is 0 Å². The Bertz CT molecular complexity index is 644. The van der Waals surface area contributed by atoms with Crippen LogP contribution in [0.4, 0.5) is 0 Å². The first-order valence-corrected chi connectivity index (χ1v) is 11.2.